The average molecular weight is 329 g/mol. The van der Waals surface area contributed by atoms with Gasteiger partial charge in [0.2, 0.25) is 0 Å². The molecule has 0 atom stereocenters. The summed E-state index contributed by atoms with van der Waals surface area (Å²) in [6, 6.07) is 7.65. The normalized spacial score (nSPS) is 15.3. The van der Waals surface area contributed by atoms with E-state index in [0.29, 0.717) is 5.02 Å². The maximum atomic E-state index is 6.32. The van der Waals surface area contributed by atoms with E-state index in [-0.39, 0.29) is 0 Å². The number of halogens is 1. The van der Waals surface area contributed by atoms with Gasteiger partial charge in [-0.3, -0.25) is 0 Å². The summed E-state index contributed by atoms with van der Waals surface area (Å²) in [5, 5.41) is 9.48. The average Bonchev–Trinajstić information content (AvgIpc) is 2.99. The number of hydrogen-bond donors (Lipinski definition) is 1. The summed E-state index contributed by atoms with van der Waals surface area (Å²) >= 11 is 6.32. The highest BCUT2D eigenvalue weighted by atomic mass is 35.5. The molecule has 1 N–H and O–H groups in total. The Morgan fingerprint density at radius 3 is 2.70 bits per heavy atom. The Hall–Kier alpha value is -2.18. The summed E-state index contributed by atoms with van der Waals surface area (Å²) < 4.78 is 1.79. The zero-order valence-corrected chi connectivity index (χ0v) is 13.6. The number of rotatable bonds is 2. The molecule has 1 aliphatic rings. The zero-order valence-electron chi connectivity index (χ0n) is 12.8. The van der Waals surface area contributed by atoms with Crippen LogP contribution in [0, 0.1) is 6.92 Å². The van der Waals surface area contributed by atoms with E-state index < -0.39 is 0 Å². The van der Waals surface area contributed by atoms with E-state index in [0.717, 1.165) is 54.5 Å². The molecule has 6 nitrogen and oxygen atoms in total. The molecule has 0 unspecified atom stereocenters. The van der Waals surface area contributed by atoms with Gasteiger partial charge in [0, 0.05) is 26.2 Å². The van der Waals surface area contributed by atoms with Crippen molar-refractivity contribution in [1.82, 2.24) is 25.1 Å². The lowest BCUT2D eigenvalue weighted by Gasteiger charge is -2.28. The van der Waals surface area contributed by atoms with Gasteiger partial charge in [0.1, 0.15) is 11.6 Å². The Labute approximate surface area is 139 Å². The van der Waals surface area contributed by atoms with Gasteiger partial charge in [0.05, 0.1) is 22.3 Å². The van der Waals surface area contributed by atoms with Crippen LogP contribution in [0.15, 0.2) is 30.5 Å². The van der Waals surface area contributed by atoms with Crippen LogP contribution in [0.25, 0.3) is 16.7 Å². The van der Waals surface area contributed by atoms with E-state index >= 15 is 0 Å². The lowest BCUT2D eigenvalue weighted by Crippen LogP contribution is -2.44. The Balaban J connectivity index is 1.89. The second kappa shape index (κ2) is 5.79. The van der Waals surface area contributed by atoms with Crippen molar-refractivity contribution < 1.29 is 0 Å². The quantitative estimate of drug-likeness (QED) is 0.781. The number of fused-ring (bicyclic) bond motifs is 1. The van der Waals surface area contributed by atoms with Crippen molar-refractivity contribution in [3.05, 3.63) is 41.3 Å². The molecule has 0 saturated carbocycles. The summed E-state index contributed by atoms with van der Waals surface area (Å²) in [7, 11) is 0. The first-order valence-electron chi connectivity index (χ1n) is 7.67. The monoisotopic (exact) mass is 328 g/mol. The fourth-order valence-electron chi connectivity index (χ4n) is 2.92. The number of aryl methyl sites for hydroxylation is 1. The van der Waals surface area contributed by atoms with E-state index in [1.54, 1.807) is 4.68 Å². The number of benzene rings is 1. The van der Waals surface area contributed by atoms with Gasteiger partial charge in [0.25, 0.3) is 0 Å². The van der Waals surface area contributed by atoms with Crippen LogP contribution in [0.2, 0.25) is 5.02 Å². The Bertz CT molecular complexity index is 853. The lowest BCUT2D eigenvalue weighted by atomic mass is 10.3. The Morgan fingerprint density at radius 2 is 1.91 bits per heavy atom. The van der Waals surface area contributed by atoms with E-state index in [1.165, 1.54) is 0 Å². The molecular weight excluding hydrogens is 312 g/mol. The number of aromatic nitrogens is 4. The maximum absolute atomic E-state index is 6.32. The first-order valence-corrected chi connectivity index (χ1v) is 8.05. The first-order chi connectivity index (χ1) is 11.2. The van der Waals surface area contributed by atoms with Gasteiger partial charge in [-0.15, -0.1) is 0 Å². The smallest absolute Gasteiger partial charge is 0.168 e. The molecule has 0 radical (unpaired) electrons. The molecule has 1 fully saturated rings. The van der Waals surface area contributed by atoms with Crippen molar-refractivity contribution in [2.75, 3.05) is 31.1 Å². The molecule has 3 aromatic rings. The van der Waals surface area contributed by atoms with Gasteiger partial charge in [-0.25, -0.2) is 14.6 Å². The standard InChI is InChI=1S/C16H17ClN6/c1-11-20-15(22-8-6-18-7-9-22)12-10-19-23(16(12)21-11)14-5-3-2-4-13(14)17/h2-5,10,18H,6-9H2,1H3. The summed E-state index contributed by atoms with van der Waals surface area (Å²) in [6.45, 7) is 5.70. The predicted octanol–water partition coefficient (Wildman–Crippen LogP) is 2.19. The summed E-state index contributed by atoms with van der Waals surface area (Å²) in [4.78, 5) is 11.5. The highest BCUT2D eigenvalue weighted by molar-refractivity contribution is 6.32. The van der Waals surface area contributed by atoms with Gasteiger partial charge in [-0.05, 0) is 19.1 Å². The SMILES string of the molecule is Cc1nc(N2CCNCC2)c2cnn(-c3ccccc3Cl)c2n1. The highest BCUT2D eigenvalue weighted by Crippen LogP contribution is 2.28. The largest absolute Gasteiger partial charge is 0.353 e. The number of piperazine rings is 1. The molecule has 7 heteroatoms. The van der Waals surface area contributed by atoms with Crippen LogP contribution in [0.1, 0.15) is 5.82 Å². The van der Waals surface area contributed by atoms with Crippen LogP contribution < -0.4 is 10.2 Å². The van der Waals surface area contributed by atoms with Gasteiger partial charge >= 0.3 is 0 Å². The van der Waals surface area contributed by atoms with Crippen LogP contribution in [0.3, 0.4) is 0 Å². The Kier molecular flexibility index (Phi) is 3.63. The van der Waals surface area contributed by atoms with Crippen molar-refractivity contribution in [3.63, 3.8) is 0 Å². The van der Waals surface area contributed by atoms with Gasteiger partial charge in [-0.2, -0.15) is 5.10 Å². The van der Waals surface area contributed by atoms with E-state index in [9.17, 15) is 0 Å². The van der Waals surface area contributed by atoms with Crippen molar-refractivity contribution in [1.29, 1.82) is 0 Å². The van der Waals surface area contributed by atoms with E-state index in [1.807, 2.05) is 37.4 Å². The molecule has 2 aromatic heterocycles. The van der Waals surface area contributed by atoms with Crippen LogP contribution in [0.4, 0.5) is 5.82 Å². The minimum Gasteiger partial charge on any atom is -0.353 e. The van der Waals surface area contributed by atoms with Crippen molar-refractivity contribution >= 4 is 28.5 Å². The van der Waals surface area contributed by atoms with Crippen molar-refractivity contribution in [2.45, 2.75) is 6.92 Å². The number of hydrogen-bond acceptors (Lipinski definition) is 5. The summed E-state index contributed by atoms with van der Waals surface area (Å²) in [5.74, 6) is 1.69. The molecule has 0 spiro atoms. The first kappa shape index (κ1) is 14.4. The molecule has 3 heterocycles. The second-order valence-corrected chi connectivity index (χ2v) is 5.98. The lowest BCUT2D eigenvalue weighted by molar-refractivity contribution is 0.585. The minimum atomic E-state index is 0.650. The third-order valence-corrected chi connectivity index (χ3v) is 4.34. The molecule has 118 valence electrons. The number of nitrogens with zero attached hydrogens (tertiary/aromatic N) is 5. The van der Waals surface area contributed by atoms with Crippen LogP contribution >= 0.6 is 11.6 Å². The summed E-state index contributed by atoms with van der Waals surface area (Å²) in [6.07, 6.45) is 1.83. The number of nitrogens with one attached hydrogen (secondary N) is 1. The topological polar surface area (TPSA) is 58.9 Å². The molecular formula is C16H17ClN6. The third kappa shape index (κ3) is 2.54. The molecule has 1 aliphatic heterocycles. The molecule has 4 rings (SSSR count). The van der Waals surface area contributed by atoms with Gasteiger partial charge in [0.15, 0.2) is 5.65 Å². The fraction of sp³-hybridized carbons (Fsp3) is 0.312. The molecule has 1 saturated heterocycles. The second-order valence-electron chi connectivity index (χ2n) is 5.58. The maximum Gasteiger partial charge on any atom is 0.168 e. The van der Waals surface area contributed by atoms with E-state index in [2.05, 4.69) is 25.3 Å². The molecule has 1 aromatic carbocycles. The van der Waals surface area contributed by atoms with E-state index in [4.69, 9.17) is 11.6 Å². The van der Waals surface area contributed by atoms with Crippen LogP contribution in [0.5, 0.6) is 0 Å². The van der Waals surface area contributed by atoms with Crippen LogP contribution in [-0.2, 0) is 0 Å². The van der Waals surface area contributed by atoms with Crippen molar-refractivity contribution in [3.8, 4) is 5.69 Å². The molecule has 0 amide bonds. The molecule has 23 heavy (non-hydrogen) atoms. The van der Waals surface area contributed by atoms with Gasteiger partial charge < -0.3 is 10.2 Å². The highest BCUT2D eigenvalue weighted by Gasteiger charge is 2.19. The predicted molar refractivity (Wildman–Crippen MR) is 91.5 cm³/mol. The van der Waals surface area contributed by atoms with Gasteiger partial charge in [-0.1, -0.05) is 23.7 Å². The number of anilines is 1. The minimum absolute atomic E-state index is 0.650. The van der Waals surface area contributed by atoms with Crippen LogP contribution in [-0.4, -0.2) is 45.9 Å². The Morgan fingerprint density at radius 1 is 1.13 bits per heavy atom. The van der Waals surface area contributed by atoms with Crippen molar-refractivity contribution in [2.24, 2.45) is 0 Å². The number of para-hydroxylation sites is 1. The molecule has 0 aliphatic carbocycles. The third-order valence-electron chi connectivity index (χ3n) is 4.02. The fourth-order valence-corrected chi connectivity index (χ4v) is 3.13. The zero-order chi connectivity index (χ0) is 15.8. The summed E-state index contributed by atoms with van der Waals surface area (Å²) in [5.41, 5.74) is 1.62. The molecule has 0 bridgehead atoms.